The van der Waals surface area contributed by atoms with Crippen LogP contribution in [0.5, 0.6) is 11.5 Å². The number of hydrogen-bond donors (Lipinski definition) is 1. The van der Waals surface area contributed by atoms with Crippen LogP contribution in [0.3, 0.4) is 0 Å². The molecular formula is C22H20N4O4S. The van der Waals surface area contributed by atoms with E-state index in [1.165, 1.54) is 17.4 Å². The summed E-state index contributed by atoms with van der Waals surface area (Å²) < 4.78 is 12.9. The largest absolute Gasteiger partial charge is 0.496 e. The SMILES string of the molecule is CCOc1ccc2nc(NC(=O)Cn3nc(-c4ccccc4OC)ccc3=O)sc2c1. The van der Waals surface area contributed by atoms with E-state index in [1.54, 1.807) is 13.2 Å². The number of hydrogen-bond acceptors (Lipinski definition) is 7. The second-order valence-corrected chi connectivity index (χ2v) is 7.58. The number of aromatic nitrogens is 3. The molecule has 0 bridgehead atoms. The van der Waals surface area contributed by atoms with Crippen LogP contribution in [0, 0.1) is 0 Å². The Morgan fingerprint density at radius 1 is 1.16 bits per heavy atom. The van der Waals surface area contributed by atoms with Gasteiger partial charge in [-0.1, -0.05) is 23.5 Å². The molecule has 0 aliphatic rings. The number of benzene rings is 2. The number of rotatable bonds is 7. The first-order chi connectivity index (χ1) is 15.1. The highest BCUT2D eigenvalue weighted by Gasteiger charge is 2.13. The van der Waals surface area contributed by atoms with Crippen LogP contribution in [0.1, 0.15) is 6.92 Å². The topological polar surface area (TPSA) is 95.3 Å². The molecule has 0 spiro atoms. The van der Waals surface area contributed by atoms with E-state index in [0.29, 0.717) is 23.2 Å². The summed E-state index contributed by atoms with van der Waals surface area (Å²) in [4.78, 5) is 29.2. The molecule has 1 N–H and O–H groups in total. The number of anilines is 1. The Morgan fingerprint density at radius 2 is 2.00 bits per heavy atom. The molecule has 4 aromatic rings. The summed E-state index contributed by atoms with van der Waals surface area (Å²) in [5.41, 5.74) is 1.65. The lowest BCUT2D eigenvalue weighted by molar-refractivity contribution is -0.117. The van der Waals surface area contributed by atoms with Crippen molar-refractivity contribution in [3.05, 3.63) is 65.0 Å². The van der Waals surface area contributed by atoms with E-state index in [-0.39, 0.29) is 12.1 Å². The highest BCUT2D eigenvalue weighted by Crippen LogP contribution is 2.29. The Labute approximate surface area is 182 Å². The molecule has 0 radical (unpaired) electrons. The average molecular weight is 436 g/mol. The van der Waals surface area contributed by atoms with E-state index in [2.05, 4.69) is 15.4 Å². The maximum atomic E-state index is 12.6. The molecule has 8 nitrogen and oxygen atoms in total. The number of ether oxygens (including phenoxy) is 2. The number of carbonyl (C=O) groups excluding carboxylic acids is 1. The van der Waals surface area contributed by atoms with Crippen LogP contribution in [-0.2, 0) is 11.3 Å². The minimum Gasteiger partial charge on any atom is -0.496 e. The molecule has 0 aliphatic heterocycles. The maximum absolute atomic E-state index is 12.6. The van der Waals surface area contributed by atoms with Crippen LogP contribution in [0.25, 0.3) is 21.5 Å². The molecule has 2 aromatic heterocycles. The quantitative estimate of drug-likeness (QED) is 0.476. The molecule has 4 rings (SSSR count). The lowest BCUT2D eigenvalue weighted by atomic mass is 10.1. The average Bonchev–Trinajstić information content (AvgIpc) is 3.17. The Hall–Kier alpha value is -3.72. The van der Waals surface area contributed by atoms with Gasteiger partial charge in [0.2, 0.25) is 5.91 Å². The number of methoxy groups -OCH3 is 1. The summed E-state index contributed by atoms with van der Waals surface area (Å²) in [6.07, 6.45) is 0. The second-order valence-electron chi connectivity index (χ2n) is 6.54. The third-order valence-electron chi connectivity index (χ3n) is 4.46. The van der Waals surface area contributed by atoms with Crippen LogP contribution in [0.4, 0.5) is 5.13 Å². The van der Waals surface area contributed by atoms with Crippen molar-refractivity contribution in [3.63, 3.8) is 0 Å². The Bertz CT molecular complexity index is 1300. The molecule has 0 atom stereocenters. The summed E-state index contributed by atoms with van der Waals surface area (Å²) in [5, 5.41) is 7.53. The zero-order valence-electron chi connectivity index (χ0n) is 17.0. The molecule has 0 aliphatic carbocycles. The molecule has 31 heavy (non-hydrogen) atoms. The predicted molar refractivity (Wildman–Crippen MR) is 120 cm³/mol. The lowest BCUT2D eigenvalue weighted by Crippen LogP contribution is -2.29. The standard InChI is InChI=1S/C22H20N4O4S/c1-3-30-14-8-9-17-19(12-14)31-22(23-17)24-20(27)13-26-21(28)11-10-16(25-26)15-6-4-5-7-18(15)29-2/h4-12H,3,13H2,1-2H3,(H,23,24,27). The molecule has 9 heteroatoms. The summed E-state index contributed by atoms with van der Waals surface area (Å²) in [5.74, 6) is 0.988. The first-order valence-corrected chi connectivity index (χ1v) is 10.4. The number of carbonyl (C=O) groups is 1. The highest BCUT2D eigenvalue weighted by molar-refractivity contribution is 7.22. The monoisotopic (exact) mass is 436 g/mol. The number of fused-ring (bicyclic) bond motifs is 1. The van der Waals surface area contributed by atoms with Gasteiger partial charge >= 0.3 is 0 Å². The number of nitrogens with one attached hydrogen (secondary N) is 1. The third kappa shape index (κ3) is 4.56. The van der Waals surface area contributed by atoms with Gasteiger partial charge in [-0.05, 0) is 43.3 Å². The van der Waals surface area contributed by atoms with Crippen LogP contribution in [0.15, 0.2) is 59.4 Å². The van der Waals surface area contributed by atoms with Crippen molar-refractivity contribution in [1.29, 1.82) is 0 Å². The van der Waals surface area contributed by atoms with Gasteiger partial charge < -0.3 is 14.8 Å². The molecule has 0 saturated carbocycles. The fraction of sp³-hybridized carbons (Fsp3) is 0.182. The van der Waals surface area contributed by atoms with E-state index in [0.717, 1.165) is 26.2 Å². The van der Waals surface area contributed by atoms with Crippen LogP contribution < -0.4 is 20.3 Å². The fourth-order valence-corrected chi connectivity index (χ4v) is 3.98. The van der Waals surface area contributed by atoms with E-state index in [9.17, 15) is 9.59 Å². The van der Waals surface area contributed by atoms with Gasteiger partial charge in [0.25, 0.3) is 5.56 Å². The van der Waals surface area contributed by atoms with E-state index >= 15 is 0 Å². The first-order valence-electron chi connectivity index (χ1n) is 9.62. The van der Waals surface area contributed by atoms with Gasteiger partial charge in [0.1, 0.15) is 18.0 Å². The number of para-hydroxylation sites is 1. The zero-order valence-corrected chi connectivity index (χ0v) is 17.8. The molecular weight excluding hydrogens is 416 g/mol. The normalized spacial score (nSPS) is 10.8. The van der Waals surface area contributed by atoms with E-state index < -0.39 is 5.91 Å². The van der Waals surface area contributed by atoms with Gasteiger partial charge in [-0.25, -0.2) is 9.67 Å². The molecule has 2 heterocycles. The Balaban J connectivity index is 1.53. The molecule has 0 unspecified atom stereocenters. The van der Waals surface area contributed by atoms with Crippen molar-refractivity contribution in [2.24, 2.45) is 0 Å². The number of nitrogens with zero attached hydrogens (tertiary/aromatic N) is 3. The molecule has 158 valence electrons. The van der Waals surface area contributed by atoms with Crippen molar-refractivity contribution >= 4 is 32.6 Å². The van der Waals surface area contributed by atoms with Crippen molar-refractivity contribution in [3.8, 4) is 22.8 Å². The van der Waals surface area contributed by atoms with E-state index in [4.69, 9.17) is 9.47 Å². The fourth-order valence-electron chi connectivity index (χ4n) is 3.07. The van der Waals surface area contributed by atoms with E-state index in [1.807, 2.05) is 49.4 Å². The molecule has 0 saturated heterocycles. The summed E-state index contributed by atoms with van der Waals surface area (Å²) >= 11 is 1.34. The van der Waals surface area contributed by atoms with Crippen molar-refractivity contribution in [2.45, 2.75) is 13.5 Å². The molecule has 2 aromatic carbocycles. The Morgan fingerprint density at radius 3 is 2.81 bits per heavy atom. The lowest BCUT2D eigenvalue weighted by Gasteiger charge is -2.10. The smallest absolute Gasteiger partial charge is 0.267 e. The summed E-state index contributed by atoms with van der Waals surface area (Å²) in [6, 6.07) is 15.9. The minimum absolute atomic E-state index is 0.234. The van der Waals surface area contributed by atoms with Crippen LogP contribution in [-0.4, -0.2) is 34.4 Å². The summed E-state index contributed by atoms with van der Waals surface area (Å²) in [7, 11) is 1.57. The van der Waals surface area contributed by atoms with Crippen LogP contribution >= 0.6 is 11.3 Å². The Kier molecular flexibility index (Phi) is 5.94. The van der Waals surface area contributed by atoms with Crippen LogP contribution in [0.2, 0.25) is 0 Å². The van der Waals surface area contributed by atoms with Gasteiger partial charge in [-0.15, -0.1) is 0 Å². The second kappa shape index (κ2) is 8.97. The van der Waals surface area contributed by atoms with Gasteiger partial charge in [0, 0.05) is 11.6 Å². The predicted octanol–water partition coefficient (Wildman–Crippen LogP) is 3.57. The minimum atomic E-state index is -0.393. The van der Waals surface area contributed by atoms with Gasteiger partial charge in [0.05, 0.1) is 29.6 Å². The molecule has 1 amide bonds. The highest BCUT2D eigenvalue weighted by atomic mass is 32.1. The van der Waals surface area contributed by atoms with Gasteiger partial charge in [0.15, 0.2) is 5.13 Å². The first kappa shape index (κ1) is 20.5. The third-order valence-corrected chi connectivity index (χ3v) is 5.39. The number of thiazole rings is 1. The van der Waals surface area contributed by atoms with Gasteiger partial charge in [-0.2, -0.15) is 5.10 Å². The van der Waals surface area contributed by atoms with Crippen molar-refractivity contribution < 1.29 is 14.3 Å². The number of amides is 1. The molecule has 0 fully saturated rings. The van der Waals surface area contributed by atoms with Crippen molar-refractivity contribution in [1.82, 2.24) is 14.8 Å². The summed E-state index contributed by atoms with van der Waals surface area (Å²) in [6.45, 7) is 2.26. The van der Waals surface area contributed by atoms with Crippen molar-refractivity contribution in [2.75, 3.05) is 19.0 Å². The maximum Gasteiger partial charge on any atom is 0.267 e. The zero-order chi connectivity index (χ0) is 21.8. The van der Waals surface area contributed by atoms with Gasteiger partial charge in [-0.3, -0.25) is 9.59 Å².